The van der Waals surface area contributed by atoms with Crippen molar-refractivity contribution in [1.29, 1.82) is 0 Å². The molecule has 1 aliphatic heterocycles. The Morgan fingerprint density at radius 1 is 1.28 bits per heavy atom. The molecule has 0 saturated heterocycles. The average Bonchev–Trinajstić information content (AvgIpc) is 2.76. The molecule has 1 aliphatic rings. The summed E-state index contributed by atoms with van der Waals surface area (Å²) in [6, 6.07) is 5.31. The van der Waals surface area contributed by atoms with E-state index in [1.54, 1.807) is 18.3 Å². The fourth-order valence-electron chi connectivity index (χ4n) is 2.21. The number of benzene rings is 1. The van der Waals surface area contributed by atoms with Gasteiger partial charge in [-0.1, -0.05) is 29.3 Å². The van der Waals surface area contributed by atoms with Crippen LogP contribution in [0.3, 0.4) is 0 Å². The van der Waals surface area contributed by atoms with E-state index in [0.29, 0.717) is 22.3 Å². The topological polar surface area (TPSA) is 57.8 Å². The largest absolute Gasteiger partial charge is 0.311 e. The molecular formula is C12H9Cl2N3O. The molecular weight excluding hydrogens is 273 g/mol. The Kier molecular flexibility index (Phi) is 2.76. The van der Waals surface area contributed by atoms with Crippen LogP contribution in [-0.2, 0) is 4.79 Å². The Morgan fingerprint density at radius 2 is 2.11 bits per heavy atom. The third-order valence-electron chi connectivity index (χ3n) is 3.04. The minimum absolute atomic E-state index is 0.0530. The van der Waals surface area contributed by atoms with Crippen molar-refractivity contribution in [1.82, 2.24) is 10.2 Å². The number of carbonyl (C=O) groups is 1. The lowest BCUT2D eigenvalue weighted by molar-refractivity contribution is -0.116. The molecule has 1 aromatic carbocycles. The van der Waals surface area contributed by atoms with Crippen LogP contribution in [0.2, 0.25) is 10.0 Å². The van der Waals surface area contributed by atoms with E-state index in [1.165, 1.54) is 0 Å². The number of rotatable bonds is 1. The Bertz CT molecular complexity index is 624. The van der Waals surface area contributed by atoms with Crippen molar-refractivity contribution in [2.24, 2.45) is 0 Å². The van der Waals surface area contributed by atoms with Crippen LogP contribution in [-0.4, -0.2) is 16.1 Å². The van der Waals surface area contributed by atoms with Gasteiger partial charge in [-0.05, 0) is 17.7 Å². The zero-order valence-electron chi connectivity index (χ0n) is 9.21. The molecule has 2 aromatic rings. The molecule has 0 fully saturated rings. The minimum Gasteiger partial charge on any atom is -0.311 e. The third-order valence-corrected chi connectivity index (χ3v) is 3.60. The molecule has 0 spiro atoms. The van der Waals surface area contributed by atoms with Gasteiger partial charge >= 0.3 is 0 Å². The van der Waals surface area contributed by atoms with Crippen LogP contribution in [0.5, 0.6) is 0 Å². The van der Waals surface area contributed by atoms with E-state index in [0.717, 1.165) is 11.1 Å². The van der Waals surface area contributed by atoms with E-state index in [1.807, 2.05) is 6.07 Å². The molecule has 1 aromatic heterocycles. The molecule has 0 saturated carbocycles. The summed E-state index contributed by atoms with van der Waals surface area (Å²) in [5.41, 5.74) is 1.83. The molecule has 6 heteroatoms. The van der Waals surface area contributed by atoms with Gasteiger partial charge in [0.05, 0.1) is 6.20 Å². The maximum atomic E-state index is 11.7. The molecule has 2 N–H and O–H groups in total. The number of carbonyl (C=O) groups excluding carboxylic acids is 1. The molecule has 0 aliphatic carbocycles. The van der Waals surface area contributed by atoms with Crippen molar-refractivity contribution < 1.29 is 4.79 Å². The van der Waals surface area contributed by atoms with Crippen LogP contribution in [0.4, 0.5) is 5.82 Å². The van der Waals surface area contributed by atoms with Gasteiger partial charge in [0.1, 0.15) is 5.82 Å². The van der Waals surface area contributed by atoms with Crippen LogP contribution in [0.25, 0.3) is 0 Å². The quantitative estimate of drug-likeness (QED) is 0.843. The first-order chi connectivity index (χ1) is 8.65. The first-order valence-electron chi connectivity index (χ1n) is 5.43. The summed E-state index contributed by atoms with van der Waals surface area (Å²) in [5, 5.41) is 10.6. The van der Waals surface area contributed by atoms with Crippen LogP contribution in [0.1, 0.15) is 23.5 Å². The lowest BCUT2D eigenvalue weighted by atomic mass is 9.87. The van der Waals surface area contributed by atoms with Gasteiger partial charge in [0.15, 0.2) is 0 Å². The molecule has 2 heterocycles. The number of H-pyrrole nitrogens is 1. The SMILES string of the molecule is O=C1CC(c2ccc(Cl)cc2Cl)c2cn[nH]c2N1. The van der Waals surface area contributed by atoms with Crippen molar-refractivity contribution in [3.8, 4) is 0 Å². The van der Waals surface area contributed by atoms with Crippen LogP contribution in [0, 0.1) is 0 Å². The molecule has 0 radical (unpaired) electrons. The third kappa shape index (κ3) is 1.87. The smallest absolute Gasteiger partial charge is 0.226 e. The van der Waals surface area contributed by atoms with Crippen molar-refractivity contribution in [3.63, 3.8) is 0 Å². The molecule has 1 unspecified atom stereocenters. The van der Waals surface area contributed by atoms with Crippen LogP contribution >= 0.6 is 23.2 Å². The average molecular weight is 282 g/mol. The van der Waals surface area contributed by atoms with Gasteiger partial charge in [0.25, 0.3) is 0 Å². The number of hydrogen-bond acceptors (Lipinski definition) is 2. The van der Waals surface area contributed by atoms with E-state index in [9.17, 15) is 4.79 Å². The maximum absolute atomic E-state index is 11.7. The number of nitrogens with zero attached hydrogens (tertiary/aromatic N) is 1. The molecule has 3 rings (SSSR count). The zero-order chi connectivity index (χ0) is 12.7. The highest BCUT2D eigenvalue weighted by Gasteiger charge is 2.29. The second-order valence-corrected chi connectivity index (χ2v) is 5.01. The molecule has 1 atom stereocenters. The molecule has 4 nitrogen and oxygen atoms in total. The Balaban J connectivity index is 2.10. The highest BCUT2D eigenvalue weighted by molar-refractivity contribution is 6.35. The van der Waals surface area contributed by atoms with E-state index >= 15 is 0 Å². The van der Waals surface area contributed by atoms with E-state index in [4.69, 9.17) is 23.2 Å². The standard InChI is InChI=1S/C12H9Cl2N3O/c13-6-1-2-7(10(14)3-6)8-4-11(18)16-12-9(8)5-15-17-12/h1-3,5,8H,4H2,(H2,15,16,17,18). The number of anilines is 1. The number of aromatic nitrogens is 2. The highest BCUT2D eigenvalue weighted by atomic mass is 35.5. The van der Waals surface area contributed by atoms with E-state index in [-0.39, 0.29) is 11.8 Å². The number of halogens is 2. The Hall–Kier alpha value is -1.52. The van der Waals surface area contributed by atoms with Gasteiger partial charge in [0.2, 0.25) is 5.91 Å². The number of amides is 1. The summed E-state index contributed by atoms with van der Waals surface area (Å²) in [6.07, 6.45) is 2.07. The monoisotopic (exact) mass is 281 g/mol. The number of fused-ring (bicyclic) bond motifs is 1. The summed E-state index contributed by atoms with van der Waals surface area (Å²) in [7, 11) is 0. The molecule has 92 valence electrons. The summed E-state index contributed by atoms with van der Waals surface area (Å²) < 4.78 is 0. The molecule has 18 heavy (non-hydrogen) atoms. The normalized spacial score (nSPS) is 18.3. The van der Waals surface area contributed by atoms with Gasteiger partial charge < -0.3 is 5.32 Å². The maximum Gasteiger partial charge on any atom is 0.226 e. The number of nitrogens with one attached hydrogen (secondary N) is 2. The highest BCUT2D eigenvalue weighted by Crippen LogP contribution is 2.39. The predicted octanol–water partition coefficient (Wildman–Crippen LogP) is 3.19. The fourth-order valence-corrected chi connectivity index (χ4v) is 2.75. The number of aromatic amines is 1. The second kappa shape index (κ2) is 4.30. The number of hydrogen-bond donors (Lipinski definition) is 2. The van der Waals surface area contributed by atoms with E-state index in [2.05, 4.69) is 15.5 Å². The van der Waals surface area contributed by atoms with Crippen molar-refractivity contribution in [3.05, 3.63) is 45.6 Å². The van der Waals surface area contributed by atoms with Gasteiger partial charge in [0, 0.05) is 27.9 Å². The lowest BCUT2D eigenvalue weighted by Gasteiger charge is -2.23. The Labute approximate surface area is 113 Å². The van der Waals surface area contributed by atoms with Gasteiger partial charge in [-0.2, -0.15) is 5.10 Å². The van der Waals surface area contributed by atoms with Crippen molar-refractivity contribution >= 4 is 34.9 Å². The summed E-state index contributed by atoms with van der Waals surface area (Å²) in [5.74, 6) is 0.502. The van der Waals surface area contributed by atoms with Crippen LogP contribution < -0.4 is 5.32 Å². The Morgan fingerprint density at radius 3 is 2.89 bits per heavy atom. The second-order valence-electron chi connectivity index (χ2n) is 4.17. The van der Waals surface area contributed by atoms with Crippen molar-refractivity contribution in [2.75, 3.05) is 5.32 Å². The zero-order valence-corrected chi connectivity index (χ0v) is 10.7. The lowest BCUT2D eigenvalue weighted by Crippen LogP contribution is -2.23. The molecule has 1 amide bonds. The van der Waals surface area contributed by atoms with Gasteiger partial charge in [-0.15, -0.1) is 0 Å². The first kappa shape index (κ1) is 11.6. The minimum atomic E-state index is -0.0859. The summed E-state index contributed by atoms with van der Waals surface area (Å²) in [6.45, 7) is 0. The van der Waals surface area contributed by atoms with Crippen molar-refractivity contribution in [2.45, 2.75) is 12.3 Å². The fraction of sp³-hybridized carbons (Fsp3) is 0.167. The van der Waals surface area contributed by atoms with Gasteiger partial charge in [-0.3, -0.25) is 9.89 Å². The van der Waals surface area contributed by atoms with Crippen LogP contribution in [0.15, 0.2) is 24.4 Å². The van der Waals surface area contributed by atoms with E-state index < -0.39 is 0 Å². The first-order valence-corrected chi connectivity index (χ1v) is 6.19. The van der Waals surface area contributed by atoms with Gasteiger partial charge in [-0.25, -0.2) is 0 Å². The summed E-state index contributed by atoms with van der Waals surface area (Å²) in [4.78, 5) is 11.7. The summed E-state index contributed by atoms with van der Waals surface area (Å²) >= 11 is 12.1. The molecule has 0 bridgehead atoms. The predicted molar refractivity (Wildman–Crippen MR) is 70.1 cm³/mol.